The molecule has 0 N–H and O–H groups in total. The van der Waals surface area contributed by atoms with Gasteiger partial charge < -0.3 is 0 Å². The van der Waals surface area contributed by atoms with Crippen LogP contribution in [-0.4, -0.2) is 18.9 Å². The largest absolute Gasteiger partial charge is 0.279 e. The Balaban J connectivity index is 1.14. The standard InChI is InChI=1S/C51H36N4/c1-3-15-35(16-4-1)51(36-17-5-2-6-18-36)42-22-10-7-19-37(42)38-29-27-33(31-43(38)51)34-28-30-40-39-20-9-13-25-46(39)54(48(40)32-34)50-53-44-23-11-8-21-41(44)49-52-45-24-12-14-26-47(45)55(49)50/h1,3-5,7-17,19-32,36H,2,6,18H2. The van der Waals surface area contributed by atoms with Gasteiger partial charge in [0.15, 0.2) is 0 Å². The molecule has 0 spiro atoms. The van der Waals surface area contributed by atoms with E-state index in [1.165, 1.54) is 56.1 Å². The molecule has 0 bridgehead atoms. The van der Waals surface area contributed by atoms with Crippen molar-refractivity contribution in [3.63, 3.8) is 0 Å². The first kappa shape index (κ1) is 30.7. The minimum absolute atomic E-state index is 0.276. The number of para-hydroxylation sites is 4. The summed E-state index contributed by atoms with van der Waals surface area (Å²) in [5.41, 5.74) is 15.1. The highest BCUT2D eigenvalue weighted by Crippen LogP contribution is 2.58. The summed E-state index contributed by atoms with van der Waals surface area (Å²) in [6.07, 6.45) is 8.44. The number of allylic oxidation sites excluding steroid dienone is 2. The number of aromatic nitrogens is 4. The zero-order valence-corrected chi connectivity index (χ0v) is 30.2. The lowest BCUT2D eigenvalue weighted by Gasteiger charge is -2.40. The molecule has 3 aromatic heterocycles. The van der Waals surface area contributed by atoms with Gasteiger partial charge in [-0.05, 0) is 107 Å². The van der Waals surface area contributed by atoms with Crippen LogP contribution in [0.15, 0.2) is 176 Å². The van der Waals surface area contributed by atoms with Gasteiger partial charge in [-0.15, -0.1) is 0 Å². The van der Waals surface area contributed by atoms with E-state index >= 15 is 0 Å². The number of fused-ring (bicyclic) bond motifs is 11. The van der Waals surface area contributed by atoms with Gasteiger partial charge in [0, 0.05) is 16.2 Å². The Morgan fingerprint density at radius 2 is 1.22 bits per heavy atom. The van der Waals surface area contributed by atoms with Crippen LogP contribution < -0.4 is 0 Å². The fourth-order valence-corrected chi connectivity index (χ4v) is 10.1. The first-order chi connectivity index (χ1) is 27.3. The van der Waals surface area contributed by atoms with E-state index in [0.717, 1.165) is 57.4 Å². The Kier molecular flexibility index (Phi) is 6.47. The molecule has 0 aliphatic heterocycles. The van der Waals surface area contributed by atoms with Crippen LogP contribution in [0, 0.1) is 5.92 Å². The van der Waals surface area contributed by atoms with Crippen LogP contribution in [0.4, 0.5) is 0 Å². The van der Waals surface area contributed by atoms with Gasteiger partial charge in [0.05, 0.1) is 33.0 Å². The maximum absolute atomic E-state index is 5.42. The van der Waals surface area contributed by atoms with Crippen molar-refractivity contribution in [1.82, 2.24) is 18.9 Å². The summed E-state index contributed by atoms with van der Waals surface area (Å²) in [7, 11) is 0. The van der Waals surface area contributed by atoms with Gasteiger partial charge in [-0.1, -0.05) is 133 Å². The fourth-order valence-electron chi connectivity index (χ4n) is 10.1. The summed E-state index contributed by atoms with van der Waals surface area (Å²) >= 11 is 0. The highest BCUT2D eigenvalue weighted by atomic mass is 15.2. The second-order valence-electron chi connectivity index (χ2n) is 15.2. The molecule has 2 unspecified atom stereocenters. The maximum Gasteiger partial charge on any atom is 0.221 e. The van der Waals surface area contributed by atoms with Crippen LogP contribution in [0.5, 0.6) is 0 Å². The van der Waals surface area contributed by atoms with Crippen molar-refractivity contribution in [3.05, 3.63) is 193 Å². The van der Waals surface area contributed by atoms with Crippen LogP contribution in [0.1, 0.15) is 36.0 Å². The Hall–Kier alpha value is -6.78. The summed E-state index contributed by atoms with van der Waals surface area (Å²) in [6, 6.07) is 60.1. The molecular weight excluding hydrogens is 669 g/mol. The summed E-state index contributed by atoms with van der Waals surface area (Å²) < 4.78 is 4.60. The second kappa shape index (κ2) is 11.6. The Morgan fingerprint density at radius 1 is 0.527 bits per heavy atom. The van der Waals surface area contributed by atoms with E-state index in [1.54, 1.807) is 0 Å². The maximum atomic E-state index is 5.42. The molecule has 7 aromatic carbocycles. The first-order valence-electron chi connectivity index (χ1n) is 19.5. The first-order valence-corrected chi connectivity index (χ1v) is 19.5. The normalized spacial score (nSPS) is 17.8. The number of hydrogen-bond acceptors (Lipinski definition) is 2. The van der Waals surface area contributed by atoms with Crippen molar-refractivity contribution in [1.29, 1.82) is 0 Å². The van der Waals surface area contributed by atoms with E-state index in [-0.39, 0.29) is 5.41 Å². The van der Waals surface area contributed by atoms with Gasteiger partial charge in [0.1, 0.15) is 5.65 Å². The number of nitrogens with zero attached hydrogens (tertiary/aromatic N) is 4. The average molecular weight is 705 g/mol. The van der Waals surface area contributed by atoms with Crippen molar-refractivity contribution in [3.8, 4) is 28.2 Å². The smallest absolute Gasteiger partial charge is 0.221 e. The predicted molar refractivity (Wildman–Crippen MR) is 226 cm³/mol. The summed E-state index contributed by atoms with van der Waals surface area (Å²) in [4.78, 5) is 10.6. The lowest BCUT2D eigenvalue weighted by Crippen LogP contribution is -2.36. The van der Waals surface area contributed by atoms with Crippen molar-refractivity contribution in [2.75, 3.05) is 0 Å². The monoisotopic (exact) mass is 704 g/mol. The summed E-state index contributed by atoms with van der Waals surface area (Å²) in [5, 5.41) is 3.44. The number of imidazole rings is 1. The van der Waals surface area contributed by atoms with E-state index in [2.05, 4.69) is 185 Å². The summed E-state index contributed by atoms with van der Waals surface area (Å²) in [5.74, 6) is 1.19. The molecular formula is C51H36N4. The molecule has 0 amide bonds. The van der Waals surface area contributed by atoms with E-state index < -0.39 is 0 Å². The Bertz CT molecular complexity index is 3200. The second-order valence-corrected chi connectivity index (χ2v) is 15.2. The van der Waals surface area contributed by atoms with Crippen molar-refractivity contribution >= 4 is 49.4 Å². The van der Waals surface area contributed by atoms with Gasteiger partial charge in [0.25, 0.3) is 0 Å². The SMILES string of the molecule is C1=CC(C2(c3ccccc3)c3ccccc3-c3ccc(-c4ccc5c6ccccc6n(-c6nc7ccccc7c7nc8ccccc8n67)c5c4)cc32)CCC1. The molecule has 2 aliphatic carbocycles. The molecule has 0 radical (unpaired) electrons. The fraction of sp³-hybridized carbons (Fsp3) is 0.0980. The van der Waals surface area contributed by atoms with Crippen LogP contribution >= 0.6 is 0 Å². The summed E-state index contributed by atoms with van der Waals surface area (Å²) in [6.45, 7) is 0. The molecule has 4 nitrogen and oxygen atoms in total. The van der Waals surface area contributed by atoms with Gasteiger partial charge >= 0.3 is 0 Å². The minimum atomic E-state index is -0.276. The quantitative estimate of drug-likeness (QED) is 0.171. The highest BCUT2D eigenvalue weighted by molar-refractivity contribution is 6.10. The third-order valence-electron chi connectivity index (χ3n) is 12.5. The van der Waals surface area contributed by atoms with Crippen molar-refractivity contribution < 1.29 is 0 Å². The molecule has 10 aromatic rings. The average Bonchev–Trinajstić information content (AvgIpc) is 3.91. The third-order valence-corrected chi connectivity index (χ3v) is 12.5. The molecule has 2 aliphatic rings. The van der Waals surface area contributed by atoms with Crippen LogP contribution in [0.3, 0.4) is 0 Å². The molecule has 260 valence electrons. The molecule has 12 rings (SSSR count). The van der Waals surface area contributed by atoms with Gasteiger partial charge in [-0.3, -0.25) is 8.97 Å². The van der Waals surface area contributed by atoms with Crippen LogP contribution in [0.25, 0.3) is 77.6 Å². The van der Waals surface area contributed by atoms with Gasteiger partial charge in [-0.25, -0.2) is 9.97 Å². The topological polar surface area (TPSA) is 35.1 Å². The van der Waals surface area contributed by atoms with E-state index in [0.29, 0.717) is 5.92 Å². The Labute approximate surface area is 318 Å². The van der Waals surface area contributed by atoms with Crippen molar-refractivity contribution in [2.24, 2.45) is 5.92 Å². The van der Waals surface area contributed by atoms with Gasteiger partial charge in [-0.2, -0.15) is 0 Å². The lowest BCUT2D eigenvalue weighted by molar-refractivity contribution is 0.405. The van der Waals surface area contributed by atoms with E-state index in [9.17, 15) is 0 Å². The molecule has 4 heteroatoms. The predicted octanol–water partition coefficient (Wildman–Crippen LogP) is 12.5. The van der Waals surface area contributed by atoms with Crippen LogP contribution in [-0.2, 0) is 5.41 Å². The van der Waals surface area contributed by atoms with Gasteiger partial charge in [0.2, 0.25) is 5.95 Å². The van der Waals surface area contributed by atoms with Crippen molar-refractivity contribution in [2.45, 2.75) is 24.7 Å². The zero-order chi connectivity index (χ0) is 36.1. The van der Waals surface area contributed by atoms with E-state index in [4.69, 9.17) is 9.97 Å². The number of hydrogen-bond donors (Lipinski definition) is 0. The molecule has 55 heavy (non-hydrogen) atoms. The third kappa shape index (κ3) is 4.22. The zero-order valence-electron chi connectivity index (χ0n) is 30.2. The Morgan fingerprint density at radius 3 is 2.09 bits per heavy atom. The molecule has 0 saturated carbocycles. The van der Waals surface area contributed by atoms with Crippen LogP contribution in [0.2, 0.25) is 0 Å². The van der Waals surface area contributed by atoms with E-state index in [1.807, 2.05) is 0 Å². The number of benzene rings is 7. The molecule has 0 fully saturated rings. The number of rotatable bonds is 4. The minimum Gasteiger partial charge on any atom is -0.279 e. The highest BCUT2D eigenvalue weighted by Gasteiger charge is 2.49. The molecule has 2 atom stereocenters. The molecule has 0 saturated heterocycles. The lowest BCUT2D eigenvalue weighted by atomic mass is 9.61. The molecule has 3 heterocycles.